The number of methoxy groups -OCH3 is 1. The summed E-state index contributed by atoms with van der Waals surface area (Å²) in [5.74, 6) is 1.35. The molecule has 0 aliphatic heterocycles. The van der Waals surface area contributed by atoms with Crippen molar-refractivity contribution in [3.63, 3.8) is 0 Å². The van der Waals surface area contributed by atoms with Crippen LogP contribution < -0.4 is 15.8 Å². The fourth-order valence-electron chi connectivity index (χ4n) is 2.70. The van der Waals surface area contributed by atoms with Crippen LogP contribution in [0.5, 0.6) is 5.88 Å². The predicted molar refractivity (Wildman–Crippen MR) is 96.5 cm³/mol. The maximum Gasteiger partial charge on any atom is 0.416 e. The van der Waals surface area contributed by atoms with E-state index < -0.39 is 17.8 Å². The molecule has 0 aliphatic rings. The van der Waals surface area contributed by atoms with Gasteiger partial charge in [0.2, 0.25) is 5.88 Å². The third-order valence-electron chi connectivity index (χ3n) is 4.01. The fraction of sp³-hybridized carbons (Fsp3) is 0.278. The van der Waals surface area contributed by atoms with Crippen molar-refractivity contribution in [3.8, 4) is 5.88 Å². The molecule has 0 radical (unpaired) electrons. The molecule has 1 atom stereocenters. The molecular formula is C18H18F3N5O. The van der Waals surface area contributed by atoms with Crippen molar-refractivity contribution in [2.24, 2.45) is 0 Å². The summed E-state index contributed by atoms with van der Waals surface area (Å²) in [5.41, 5.74) is 5.74. The third kappa shape index (κ3) is 4.02. The second-order valence-corrected chi connectivity index (χ2v) is 6.10. The fourth-order valence-corrected chi connectivity index (χ4v) is 2.70. The van der Waals surface area contributed by atoms with Gasteiger partial charge in [-0.3, -0.25) is 0 Å². The summed E-state index contributed by atoms with van der Waals surface area (Å²) in [6, 6.07) is 6.43. The first-order valence-electron chi connectivity index (χ1n) is 8.11. The van der Waals surface area contributed by atoms with E-state index in [1.807, 2.05) is 0 Å². The highest BCUT2D eigenvalue weighted by molar-refractivity contribution is 5.87. The van der Waals surface area contributed by atoms with E-state index in [1.165, 1.54) is 13.2 Å². The molecule has 3 rings (SSSR count). The summed E-state index contributed by atoms with van der Waals surface area (Å²) in [6.45, 7) is 3.44. The van der Waals surface area contributed by atoms with Crippen LogP contribution in [0.4, 0.5) is 24.7 Å². The summed E-state index contributed by atoms with van der Waals surface area (Å²) in [4.78, 5) is 12.9. The van der Waals surface area contributed by atoms with Crippen LogP contribution in [-0.4, -0.2) is 22.1 Å². The number of ether oxygens (including phenoxy) is 1. The lowest BCUT2D eigenvalue weighted by molar-refractivity contribution is -0.137. The van der Waals surface area contributed by atoms with Crippen LogP contribution in [0.3, 0.4) is 0 Å². The summed E-state index contributed by atoms with van der Waals surface area (Å²) in [6.07, 6.45) is -4.47. The summed E-state index contributed by atoms with van der Waals surface area (Å²) < 4.78 is 44.3. The van der Waals surface area contributed by atoms with E-state index in [4.69, 9.17) is 10.5 Å². The lowest BCUT2D eigenvalue weighted by Gasteiger charge is -2.19. The van der Waals surface area contributed by atoms with Gasteiger partial charge in [-0.25, -0.2) is 9.97 Å². The molecule has 142 valence electrons. The molecule has 6 nitrogen and oxygen atoms in total. The molecule has 0 unspecified atom stereocenters. The van der Waals surface area contributed by atoms with Crippen molar-refractivity contribution < 1.29 is 17.9 Å². The number of nitrogens with two attached hydrogens (primary N) is 1. The SMILES string of the molecule is COc1ccc2c(N[C@H](C)c3cc(N)cc(C(F)(F)F)c3)nc(C)nc2n1. The molecule has 0 saturated carbocycles. The number of anilines is 2. The highest BCUT2D eigenvalue weighted by Crippen LogP contribution is 2.33. The number of nitrogens with one attached hydrogen (secondary N) is 1. The molecule has 0 amide bonds. The Morgan fingerprint density at radius 2 is 1.85 bits per heavy atom. The second kappa shape index (κ2) is 6.90. The van der Waals surface area contributed by atoms with Crippen molar-refractivity contribution >= 4 is 22.5 Å². The average Bonchev–Trinajstić information content (AvgIpc) is 2.59. The molecule has 2 heterocycles. The molecule has 0 saturated heterocycles. The van der Waals surface area contributed by atoms with Crippen LogP contribution in [-0.2, 0) is 6.18 Å². The third-order valence-corrected chi connectivity index (χ3v) is 4.01. The Balaban J connectivity index is 1.99. The number of hydrogen-bond donors (Lipinski definition) is 2. The van der Waals surface area contributed by atoms with Crippen molar-refractivity contribution in [2.45, 2.75) is 26.1 Å². The van der Waals surface area contributed by atoms with E-state index in [9.17, 15) is 13.2 Å². The maximum absolute atomic E-state index is 13.1. The van der Waals surface area contributed by atoms with Gasteiger partial charge in [0.1, 0.15) is 11.6 Å². The van der Waals surface area contributed by atoms with Gasteiger partial charge >= 0.3 is 6.18 Å². The number of aryl methyl sites for hydroxylation is 1. The number of aromatic nitrogens is 3. The molecule has 0 aliphatic carbocycles. The quantitative estimate of drug-likeness (QED) is 0.666. The van der Waals surface area contributed by atoms with E-state index in [0.29, 0.717) is 34.1 Å². The number of rotatable bonds is 4. The number of pyridine rings is 1. The van der Waals surface area contributed by atoms with Crippen molar-refractivity contribution in [1.82, 2.24) is 15.0 Å². The minimum Gasteiger partial charge on any atom is -0.481 e. The van der Waals surface area contributed by atoms with E-state index in [1.54, 1.807) is 26.0 Å². The predicted octanol–water partition coefficient (Wildman–Crippen LogP) is 4.12. The Morgan fingerprint density at radius 3 is 2.52 bits per heavy atom. The Kier molecular flexibility index (Phi) is 4.77. The zero-order valence-corrected chi connectivity index (χ0v) is 14.9. The largest absolute Gasteiger partial charge is 0.481 e. The van der Waals surface area contributed by atoms with Gasteiger partial charge < -0.3 is 15.8 Å². The minimum absolute atomic E-state index is 0.0450. The normalized spacial score (nSPS) is 12.8. The number of alkyl halides is 3. The van der Waals surface area contributed by atoms with Gasteiger partial charge in [0.25, 0.3) is 0 Å². The highest BCUT2D eigenvalue weighted by atomic mass is 19.4. The van der Waals surface area contributed by atoms with Crippen molar-refractivity contribution in [3.05, 3.63) is 47.3 Å². The van der Waals surface area contributed by atoms with Crippen LogP contribution in [0.1, 0.15) is 29.9 Å². The maximum atomic E-state index is 13.1. The molecule has 9 heteroatoms. The molecule has 0 bridgehead atoms. The summed E-state index contributed by atoms with van der Waals surface area (Å²) >= 11 is 0. The average molecular weight is 377 g/mol. The molecule has 1 aromatic carbocycles. The second-order valence-electron chi connectivity index (χ2n) is 6.10. The number of benzene rings is 1. The van der Waals surface area contributed by atoms with E-state index in [2.05, 4.69) is 20.3 Å². The highest BCUT2D eigenvalue weighted by Gasteiger charge is 2.31. The molecule has 2 aromatic heterocycles. The molecule has 0 spiro atoms. The Hall–Kier alpha value is -3.10. The number of nitrogens with zero attached hydrogens (tertiary/aromatic N) is 3. The van der Waals surface area contributed by atoms with Gasteiger partial charge in [0.05, 0.1) is 24.1 Å². The van der Waals surface area contributed by atoms with Crippen LogP contribution in [0.25, 0.3) is 11.0 Å². The standard InChI is InChI=1S/C18H18F3N5O/c1-9(11-6-12(18(19,20)21)8-13(22)7-11)23-16-14-4-5-15(27-3)26-17(14)25-10(2)24-16/h4-9H,22H2,1-3H3,(H,23,24,25,26)/t9-/m1/s1. The lowest BCUT2D eigenvalue weighted by atomic mass is 10.0. The van der Waals surface area contributed by atoms with E-state index >= 15 is 0 Å². The van der Waals surface area contributed by atoms with Crippen LogP contribution in [0, 0.1) is 6.92 Å². The van der Waals surface area contributed by atoms with Crippen LogP contribution in [0.15, 0.2) is 30.3 Å². The molecule has 3 aromatic rings. The van der Waals surface area contributed by atoms with Gasteiger partial charge in [-0.05, 0) is 43.7 Å². The van der Waals surface area contributed by atoms with E-state index in [-0.39, 0.29) is 5.69 Å². The first-order chi connectivity index (χ1) is 12.7. The Morgan fingerprint density at radius 1 is 1.11 bits per heavy atom. The first kappa shape index (κ1) is 18.7. The van der Waals surface area contributed by atoms with Crippen molar-refractivity contribution in [2.75, 3.05) is 18.2 Å². The topological polar surface area (TPSA) is 86.0 Å². The molecule has 3 N–H and O–H groups in total. The van der Waals surface area contributed by atoms with Gasteiger partial charge in [-0.1, -0.05) is 0 Å². The van der Waals surface area contributed by atoms with Crippen LogP contribution >= 0.6 is 0 Å². The smallest absolute Gasteiger partial charge is 0.416 e. The molecule has 0 fully saturated rings. The lowest BCUT2D eigenvalue weighted by Crippen LogP contribution is -2.13. The van der Waals surface area contributed by atoms with Gasteiger partial charge in [-0.15, -0.1) is 0 Å². The monoisotopic (exact) mass is 377 g/mol. The molecular weight excluding hydrogens is 359 g/mol. The van der Waals surface area contributed by atoms with Gasteiger partial charge in [0.15, 0.2) is 5.65 Å². The summed E-state index contributed by atoms with van der Waals surface area (Å²) in [7, 11) is 1.50. The number of nitrogen functional groups attached to an aromatic ring is 1. The zero-order chi connectivity index (χ0) is 19.8. The minimum atomic E-state index is -4.47. The van der Waals surface area contributed by atoms with Gasteiger partial charge in [-0.2, -0.15) is 18.2 Å². The Bertz CT molecular complexity index is 991. The summed E-state index contributed by atoms with van der Waals surface area (Å²) in [5, 5.41) is 3.76. The Labute approximate surface area is 153 Å². The van der Waals surface area contributed by atoms with Crippen molar-refractivity contribution in [1.29, 1.82) is 0 Å². The zero-order valence-electron chi connectivity index (χ0n) is 14.9. The first-order valence-corrected chi connectivity index (χ1v) is 8.11. The van der Waals surface area contributed by atoms with Crippen LogP contribution in [0.2, 0.25) is 0 Å². The van der Waals surface area contributed by atoms with E-state index in [0.717, 1.165) is 12.1 Å². The number of fused-ring (bicyclic) bond motifs is 1. The van der Waals surface area contributed by atoms with Gasteiger partial charge in [0, 0.05) is 11.8 Å². The molecule has 27 heavy (non-hydrogen) atoms. The number of halogens is 3. The number of hydrogen-bond acceptors (Lipinski definition) is 6.